The molecule has 2 aromatic rings. The van der Waals surface area contributed by atoms with E-state index in [-0.39, 0.29) is 0 Å². The van der Waals surface area contributed by atoms with Crippen LogP contribution < -0.4 is 10.1 Å². The standard InChI is InChI=1S/C17H18ClNO/c1-19-16-10-9-14-13(16)6-4-8-17(14)20-11-12-5-2-3-7-15(12)18/h2-8,16,19H,9-11H2,1H3. The number of halogens is 1. The van der Waals surface area contributed by atoms with E-state index in [1.54, 1.807) is 0 Å². The van der Waals surface area contributed by atoms with Crippen LogP contribution in [0.5, 0.6) is 5.75 Å². The molecule has 0 aliphatic heterocycles. The molecular weight excluding hydrogens is 270 g/mol. The Hall–Kier alpha value is -1.51. The van der Waals surface area contributed by atoms with Crippen molar-refractivity contribution in [2.24, 2.45) is 0 Å². The van der Waals surface area contributed by atoms with Crippen LogP contribution in [-0.2, 0) is 13.0 Å². The van der Waals surface area contributed by atoms with Gasteiger partial charge >= 0.3 is 0 Å². The minimum atomic E-state index is 0.453. The van der Waals surface area contributed by atoms with Gasteiger partial charge in [-0.3, -0.25) is 0 Å². The van der Waals surface area contributed by atoms with Gasteiger partial charge in [0.2, 0.25) is 0 Å². The zero-order valence-corrected chi connectivity index (χ0v) is 12.3. The smallest absolute Gasteiger partial charge is 0.123 e. The molecule has 1 unspecified atom stereocenters. The molecule has 2 nitrogen and oxygen atoms in total. The molecule has 1 atom stereocenters. The maximum atomic E-state index is 6.16. The lowest BCUT2D eigenvalue weighted by Crippen LogP contribution is -2.12. The lowest BCUT2D eigenvalue weighted by Gasteiger charge is -2.13. The molecule has 0 saturated carbocycles. The highest BCUT2D eigenvalue weighted by molar-refractivity contribution is 6.31. The van der Waals surface area contributed by atoms with Crippen LogP contribution in [0.2, 0.25) is 5.02 Å². The average Bonchev–Trinajstić information content (AvgIpc) is 2.90. The van der Waals surface area contributed by atoms with Gasteiger partial charge in [0.1, 0.15) is 12.4 Å². The van der Waals surface area contributed by atoms with Crippen LogP contribution in [-0.4, -0.2) is 7.05 Å². The second-order valence-corrected chi connectivity index (χ2v) is 5.49. The SMILES string of the molecule is CNC1CCc2c(OCc3ccccc3Cl)cccc21. The third kappa shape index (κ3) is 2.54. The van der Waals surface area contributed by atoms with Crippen LogP contribution in [0, 0.1) is 0 Å². The summed E-state index contributed by atoms with van der Waals surface area (Å²) >= 11 is 6.16. The first-order valence-corrected chi connectivity index (χ1v) is 7.32. The lowest BCUT2D eigenvalue weighted by molar-refractivity contribution is 0.303. The van der Waals surface area contributed by atoms with Crippen molar-refractivity contribution in [3.05, 3.63) is 64.2 Å². The molecule has 0 heterocycles. The molecule has 0 radical (unpaired) electrons. The van der Waals surface area contributed by atoms with E-state index in [2.05, 4.69) is 17.4 Å². The summed E-state index contributed by atoms with van der Waals surface area (Å²) in [5.74, 6) is 0.986. The quantitative estimate of drug-likeness (QED) is 0.913. The first-order valence-electron chi connectivity index (χ1n) is 6.95. The predicted molar refractivity (Wildman–Crippen MR) is 82.3 cm³/mol. The van der Waals surface area contributed by atoms with Gasteiger partial charge in [-0.2, -0.15) is 0 Å². The van der Waals surface area contributed by atoms with E-state index in [1.165, 1.54) is 11.1 Å². The molecule has 0 aromatic heterocycles. The van der Waals surface area contributed by atoms with E-state index in [0.717, 1.165) is 29.2 Å². The third-order valence-corrected chi connectivity index (χ3v) is 4.29. The number of ether oxygens (including phenoxy) is 1. The summed E-state index contributed by atoms with van der Waals surface area (Å²) in [6.07, 6.45) is 2.21. The van der Waals surface area contributed by atoms with Gasteiger partial charge in [0.05, 0.1) is 0 Å². The largest absolute Gasteiger partial charge is 0.489 e. The van der Waals surface area contributed by atoms with Crippen molar-refractivity contribution in [1.29, 1.82) is 0 Å². The van der Waals surface area contributed by atoms with E-state index in [9.17, 15) is 0 Å². The zero-order valence-electron chi connectivity index (χ0n) is 11.5. The van der Waals surface area contributed by atoms with Gasteiger partial charge < -0.3 is 10.1 Å². The summed E-state index contributed by atoms with van der Waals surface area (Å²) < 4.78 is 6.00. The first-order chi connectivity index (χ1) is 9.79. The summed E-state index contributed by atoms with van der Waals surface area (Å²) in [7, 11) is 2.01. The summed E-state index contributed by atoms with van der Waals surface area (Å²) in [6.45, 7) is 0.514. The topological polar surface area (TPSA) is 21.3 Å². The predicted octanol–water partition coefficient (Wildman–Crippen LogP) is 4.13. The van der Waals surface area contributed by atoms with E-state index in [0.29, 0.717) is 12.6 Å². The van der Waals surface area contributed by atoms with E-state index >= 15 is 0 Å². The second kappa shape index (κ2) is 5.86. The highest BCUT2D eigenvalue weighted by atomic mass is 35.5. The number of benzene rings is 2. The Morgan fingerprint density at radius 3 is 2.85 bits per heavy atom. The molecule has 0 bridgehead atoms. The van der Waals surface area contributed by atoms with Crippen molar-refractivity contribution in [2.45, 2.75) is 25.5 Å². The summed E-state index contributed by atoms with van der Waals surface area (Å²) in [4.78, 5) is 0. The van der Waals surface area contributed by atoms with Gasteiger partial charge in [-0.05, 0) is 43.1 Å². The Morgan fingerprint density at radius 2 is 2.05 bits per heavy atom. The molecule has 0 saturated heterocycles. The molecule has 20 heavy (non-hydrogen) atoms. The van der Waals surface area contributed by atoms with E-state index in [4.69, 9.17) is 16.3 Å². The fourth-order valence-electron chi connectivity index (χ4n) is 2.83. The van der Waals surface area contributed by atoms with Crippen molar-refractivity contribution in [3.8, 4) is 5.75 Å². The Kier molecular flexibility index (Phi) is 3.95. The average molecular weight is 288 g/mol. The van der Waals surface area contributed by atoms with Crippen LogP contribution in [0.4, 0.5) is 0 Å². The number of rotatable bonds is 4. The number of hydrogen-bond donors (Lipinski definition) is 1. The third-order valence-electron chi connectivity index (χ3n) is 3.92. The molecular formula is C17H18ClNO. The minimum Gasteiger partial charge on any atom is -0.489 e. The first kappa shape index (κ1) is 13.5. The van der Waals surface area contributed by atoms with Gasteiger partial charge in [0.15, 0.2) is 0 Å². The van der Waals surface area contributed by atoms with Gasteiger partial charge in [0.25, 0.3) is 0 Å². The van der Waals surface area contributed by atoms with Gasteiger partial charge in [-0.1, -0.05) is 41.9 Å². The van der Waals surface area contributed by atoms with Crippen LogP contribution in [0.25, 0.3) is 0 Å². The maximum Gasteiger partial charge on any atom is 0.123 e. The number of fused-ring (bicyclic) bond motifs is 1. The van der Waals surface area contributed by atoms with Gasteiger partial charge in [0, 0.05) is 16.6 Å². The van der Waals surface area contributed by atoms with Crippen LogP contribution in [0.1, 0.15) is 29.2 Å². The Morgan fingerprint density at radius 1 is 1.20 bits per heavy atom. The molecule has 1 aliphatic carbocycles. The summed E-state index contributed by atoms with van der Waals surface area (Å²) in [5.41, 5.74) is 3.72. The Balaban J connectivity index is 1.79. The second-order valence-electron chi connectivity index (χ2n) is 5.08. The molecule has 3 rings (SSSR count). The fraction of sp³-hybridized carbons (Fsp3) is 0.294. The van der Waals surface area contributed by atoms with Crippen LogP contribution in [0.3, 0.4) is 0 Å². The molecule has 1 N–H and O–H groups in total. The zero-order chi connectivity index (χ0) is 13.9. The van der Waals surface area contributed by atoms with Crippen molar-refractivity contribution < 1.29 is 4.74 Å². The van der Waals surface area contributed by atoms with Crippen molar-refractivity contribution in [2.75, 3.05) is 7.05 Å². The summed E-state index contributed by atoms with van der Waals surface area (Å²) in [5, 5.41) is 4.11. The Labute approximate surface area is 124 Å². The monoisotopic (exact) mass is 287 g/mol. The highest BCUT2D eigenvalue weighted by Gasteiger charge is 2.23. The lowest BCUT2D eigenvalue weighted by atomic mass is 10.1. The summed E-state index contributed by atoms with van der Waals surface area (Å²) in [6, 6.07) is 14.6. The van der Waals surface area contributed by atoms with Crippen molar-refractivity contribution >= 4 is 11.6 Å². The fourth-order valence-corrected chi connectivity index (χ4v) is 3.02. The number of hydrogen-bond acceptors (Lipinski definition) is 2. The molecule has 104 valence electrons. The van der Waals surface area contributed by atoms with E-state index in [1.807, 2.05) is 37.4 Å². The highest BCUT2D eigenvalue weighted by Crippen LogP contribution is 2.37. The minimum absolute atomic E-state index is 0.453. The molecule has 1 aliphatic rings. The molecule has 2 aromatic carbocycles. The van der Waals surface area contributed by atoms with Crippen LogP contribution in [0.15, 0.2) is 42.5 Å². The van der Waals surface area contributed by atoms with Crippen molar-refractivity contribution in [3.63, 3.8) is 0 Å². The molecule has 0 spiro atoms. The van der Waals surface area contributed by atoms with Gasteiger partial charge in [-0.25, -0.2) is 0 Å². The van der Waals surface area contributed by atoms with Crippen molar-refractivity contribution in [1.82, 2.24) is 5.32 Å². The van der Waals surface area contributed by atoms with Crippen LogP contribution >= 0.6 is 11.6 Å². The Bertz CT molecular complexity index is 612. The number of nitrogens with one attached hydrogen (secondary N) is 1. The molecule has 0 amide bonds. The molecule has 0 fully saturated rings. The van der Waals surface area contributed by atoms with E-state index < -0.39 is 0 Å². The molecule has 3 heteroatoms. The van der Waals surface area contributed by atoms with Gasteiger partial charge in [-0.15, -0.1) is 0 Å². The maximum absolute atomic E-state index is 6.16. The normalized spacial score (nSPS) is 17.0.